The van der Waals surface area contributed by atoms with Gasteiger partial charge < -0.3 is 9.72 Å². The number of aromatic amines is 1. The maximum atomic E-state index is 11.9. The summed E-state index contributed by atoms with van der Waals surface area (Å²) in [6.07, 6.45) is -4.80. The standard InChI is InChI=1S/C8H7BrF3NO2/c1-4-5(3-9)13-7(2-6(4)14)15-8(10,11)12/h2H,3H2,1H3,(H,13,14). The fourth-order valence-corrected chi connectivity index (χ4v) is 1.53. The van der Waals surface area contributed by atoms with Crippen LogP contribution in [0.15, 0.2) is 10.9 Å². The van der Waals surface area contributed by atoms with Gasteiger partial charge in [0.05, 0.1) is 0 Å². The minimum atomic E-state index is -4.80. The molecule has 84 valence electrons. The minimum absolute atomic E-state index is 0.253. The van der Waals surface area contributed by atoms with E-state index in [1.807, 2.05) is 0 Å². The zero-order valence-corrected chi connectivity index (χ0v) is 9.20. The highest BCUT2D eigenvalue weighted by molar-refractivity contribution is 9.08. The van der Waals surface area contributed by atoms with E-state index in [-0.39, 0.29) is 5.33 Å². The van der Waals surface area contributed by atoms with Crippen molar-refractivity contribution >= 4 is 15.9 Å². The van der Waals surface area contributed by atoms with Crippen LogP contribution in [0.4, 0.5) is 13.2 Å². The largest absolute Gasteiger partial charge is 0.574 e. The quantitative estimate of drug-likeness (QED) is 0.849. The Morgan fingerprint density at radius 2 is 2.13 bits per heavy atom. The molecule has 0 fully saturated rings. The number of ether oxygens (including phenoxy) is 1. The lowest BCUT2D eigenvalue weighted by molar-refractivity contribution is -0.276. The number of alkyl halides is 4. The van der Waals surface area contributed by atoms with Crippen molar-refractivity contribution < 1.29 is 17.9 Å². The molecule has 0 saturated heterocycles. The van der Waals surface area contributed by atoms with Crippen molar-refractivity contribution in [3.63, 3.8) is 0 Å². The van der Waals surface area contributed by atoms with Gasteiger partial charge in [-0.15, -0.1) is 13.2 Å². The monoisotopic (exact) mass is 285 g/mol. The van der Waals surface area contributed by atoms with E-state index in [1.54, 1.807) is 0 Å². The van der Waals surface area contributed by atoms with Gasteiger partial charge in [0.15, 0.2) is 5.43 Å². The maximum Gasteiger partial charge on any atom is 0.574 e. The van der Waals surface area contributed by atoms with E-state index >= 15 is 0 Å². The van der Waals surface area contributed by atoms with Gasteiger partial charge in [0.1, 0.15) is 0 Å². The molecule has 15 heavy (non-hydrogen) atoms. The third-order valence-corrected chi connectivity index (χ3v) is 2.28. The van der Waals surface area contributed by atoms with Gasteiger partial charge in [0.25, 0.3) is 0 Å². The highest BCUT2D eigenvalue weighted by Gasteiger charge is 2.31. The van der Waals surface area contributed by atoms with Crippen molar-refractivity contribution in [3.8, 4) is 5.88 Å². The van der Waals surface area contributed by atoms with Gasteiger partial charge in [0.2, 0.25) is 5.88 Å². The summed E-state index contributed by atoms with van der Waals surface area (Å²) in [6, 6.07) is 0.773. The summed E-state index contributed by atoms with van der Waals surface area (Å²) in [7, 11) is 0. The second-order valence-electron chi connectivity index (χ2n) is 2.78. The molecule has 3 nitrogen and oxygen atoms in total. The number of hydrogen-bond acceptors (Lipinski definition) is 2. The third kappa shape index (κ3) is 3.26. The summed E-state index contributed by atoms with van der Waals surface area (Å²) in [5.74, 6) is -0.604. The smallest absolute Gasteiger partial charge is 0.390 e. The van der Waals surface area contributed by atoms with Gasteiger partial charge in [0, 0.05) is 22.7 Å². The topological polar surface area (TPSA) is 42.1 Å². The van der Waals surface area contributed by atoms with Crippen molar-refractivity contribution in [2.24, 2.45) is 0 Å². The highest BCUT2D eigenvalue weighted by atomic mass is 79.9. The Labute approximate surface area is 91.4 Å². The van der Waals surface area contributed by atoms with Gasteiger partial charge >= 0.3 is 6.36 Å². The van der Waals surface area contributed by atoms with E-state index in [0.29, 0.717) is 11.3 Å². The van der Waals surface area contributed by atoms with E-state index in [2.05, 4.69) is 25.7 Å². The third-order valence-electron chi connectivity index (χ3n) is 1.72. The van der Waals surface area contributed by atoms with Gasteiger partial charge in [-0.25, -0.2) is 0 Å². The average molecular weight is 286 g/mol. The highest BCUT2D eigenvalue weighted by Crippen LogP contribution is 2.20. The molecule has 1 aromatic rings. The molecule has 0 amide bonds. The molecule has 1 rings (SSSR count). The van der Waals surface area contributed by atoms with Gasteiger partial charge in [-0.05, 0) is 6.92 Å². The second-order valence-corrected chi connectivity index (χ2v) is 3.34. The summed E-state index contributed by atoms with van der Waals surface area (Å²) in [4.78, 5) is 13.6. The SMILES string of the molecule is Cc1c(CBr)[nH]c(OC(F)(F)F)cc1=O. The van der Waals surface area contributed by atoms with Gasteiger partial charge in [-0.3, -0.25) is 4.79 Å². The average Bonchev–Trinajstić information content (AvgIpc) is 2.08. The Hall–Kier alpha value is -0.980. The van der Waals surface area contributed by atoms with Crippen molar-refractivity contribution in [1.82, 2.24) is 4.98 Å². The lowest BCUT2D eigenvalue weighted by Gasteiger charge is -2.10. The lowest BCUT2D eigenvalue weighted by Crippen LogP contribution is -2.20. The number of aromatic nitrogens is 1. The van der Waals surface area contributed by atoms with Crippen molar-refractivity contribution in [3.05, 3.63) is 27.5 Å². The summed E-state index contributed by atoms with van der Waals surface area (Å²) >= 11 is 3.05. The first-order valence-corrected chi connectivity index (χ1v) is 5.00. The van der Waals surface area contributed by atoms with Gasteiger partial charge in [-0.2, -0.15) is 0 Å². The Morgan fingerprint density at radius 3 is 2.60 bits per heavy atom. The Kier molecular flexibility index (Phi) is 3.43. The maximum absolute atomic E-state index is 11.9. The Morgan fingerprint density at radius 1 is 1.53 bits per heavy atom. The first-order valence-electron chi connectivity index (χ1n) is 3.88. The van der Waals surface area contributed by atoms with Crippen LogP contribution < -0.4 is 10.2 Å². The lowest BCUT2D eigenvalue weighted by atomic mass is 10.2. The molecule has 1 aromatic heterocycles. The molecule has 0 aliphatic heterocycles. The number of hydrogen-bond donors (Lipinski definition) is 1. The van der Waals surface area contributed by atoms with Crippen molar-refractivity contribution in [2.75, 3.05) is 0 Å². The molecule has 0 saturated carbocycles. The summed E-state index contributed by atoms with van der Waals surface area (Å²) in [5, 5.41) is 0.253. The van der Waals surface area contributed by atoms with E-state index in [9.17, 15) is 18.0 Å². The molecule has 0 aliphatic carbocycles. The number of halogens is 4. The molecule has 1 N–H and O–H groups in total. The number of nitrogens with one attached hydrogen (secondary N) is 1. The molecule has 7 heteroatoms. The fraction of sp³-hybridized carbons (Fsp3) is 0.375. The predicted molar refractivity (Wildman–Crippen MR) is 51.1 cm³/mol. The zero-order valence-electron chi connectivity index (χ0n) is 7.61. The molecule has 0 aliphatic rings. The molecule has 0 unspecified atom stereocenters. The molecular formula is C8H7BrF3NO2. The summed E-state index contributed by atoms with van der Waals surface area (Å²) < 4.78 is 39.2. The van der Waals surface area contributed by atoms with Crippen molar-refractivity contribution in [2.45, 2.75) is 18.6 Å². The van der Waals surface area contributed by atoms with E-state index < -0.39 is 17.7 Å². The van der Waals surface area contributed by atoms with E-state index in [0.717, 1.165) is 6.07 Å². The van der Waals surface area contributed by atoms with Crippen LogP contribution in [0, 0.1) is 6.92 Å². The Balaban J connectivity index is 3.12. The second kappa shape index (κ2) is 4.26. The summed E-state index contributed by atoms with van der Waals surface area (Å²) in [6.45, 7) is 1.52. The first-order chi connectivity index (χ1) is 6.83. The molecule has 1 heterocycles. The van der Waals surface area contributed by atoms with Crippen LogP contribution in [0.1, 0.15) is 11.3 Å². The zero-order chi connectivity index (χ0) is 11.6. The minimum Gasteiger partial charge on any atom is -0.390 e. The van der Waals surface area contributed by atoms with Crippen LogP contribution in [-0.4, -0.2) is 11.3 Å². The number of rotatable bonds is 2. The Bertz CT molecular complexity index is 413. The molecular weight excluding hydrogens is 279 g/mol. The predicted octanol–water partition coefficient (Wildman–Crippen LogP) is 2.48. The normalized spacial score (nSPS) is 11.5. The molecule has 0 aromatic carbocycles. The molecule has 0 bridgehead atoms. The molecule has 0 spiro atoms. The van der Waals surface area contributed by atoms with E-state index in [4.69, 9.17) is 0 Å². The summed E-state index contributed by atoms with van der Waals surface area (Å²) in [5.41, 5.74) is 0.227. The first kappa shape index (κ1) is 12.1. The van der Waals surface area contributed by atoms with Crippen LogP contribution in [-0.2, 0) is 5.33 Å². The van der Waals surface area contributed by atoms with Crippen LogP contribution in [0.25, 0.3) is 0 Å². The van der Waals surface area contributed by atoms with Crippen LogP contribution >= 0.6 is 15.9 Å². The van der Waals surface area contributed by atoms with Crippen LogP contribution in [0.5, 0.6) is 5.88 Å². The van der Waals surface area contributed by atoms with Crippen molar-refractivity contribution in [1.29, 1.82) is 0 Å². The molecule has 0 radical (unpaired) electrons. The number of H-pyrrole nitrogens is 1. The molecule has 0 atom stereocenters. The number of pyridine rings is 1. The van der Waals surface area contributed by atoms with Gasteiger partial charge in [-0.1, -0.05) is 15.9 Å². The van der Waals surface area contributed by atoms with E-state index in [1.165, 1.54) is 6.92 Å². The fourth-order valence-electron chi connectivity index (χ4n) is 0.968. The van der Waals surface area contributed by atoms with Crippen LogP contribution in [0.2, 0.25) is 0 Å². The van der Waals surface area contributed by atoms with Crippen LogP contribution in [0.3, 0.4) is 0 Å².